The van der Waals surface area contributed by atoms with Crippen molar-refractivity contribution in [3.63, 3.8) is 0 Å². The van der Waals surface area contributed by atoms with Gasteiger partial charge in [-0.2, -0.15) is 5.10 Å². The quantitative estimate of drug-likeness (QED) is 0.699. The number of hydrazine groups is 1. The maximum atomic E-state index is 11.8. The van der Waals surface area contributed by atoms with Crippen LogP contribution in [-0.2, 0) is 18.3 Å². The predicted octanol–water partition coefficient (Wildman–Crippen LogP) is 1.56. The lowest BCUT2D eigenvalue weighted by molar-refractivity contribution is -0.119. The van der Waals surface area contributed by atoms with Crippen LogP contribution in [-0.4, -0.2) is 25.7 Å². The topological polar surface area (TPSA) is 84.7 Å². The molecule has 0 aliphatic rings. The number of aryl methyl sites for hydroxylation is 1. The first-order valence-corrected chi connectivity index (χ1v) is 7.10. The number of carbonyl (C=O) groups is 1. The first-order chi connectivity index (χ1) is 11.2. The summed E-state index contributed by atoms with van der Waals surface area (Å²) in [5, 5.41) is 4.10. The van der Waals surface area contributed by atoms with Crippen molar-refractivity contribution in [1.29, 1.82) is 0 Å². The molecule has 3 aromatic rings. The standard InChI is InChI=1S/C16H16N6O/c1-22-11-14(10-19-22)13-8-17-16(18-9-13)21-20-15(23)7-12-5-3-2-4-6-12/h2-6,8-11H,7H2,1H3,(H,20,23)(H,17,18,21). The molecule has 0 aliphatic carbocycles. The van der Waals surface area contributed by atoms with Gasteiger partial charge in [-0.25, -0.2) is 9.97 Å². The van der Waals surface area contributed by atoms with E-state index in [1.165, 1.54) is 0 Å². The fourth-order valence-electron chi connectivity index (χ4n) is 2.06. The minimum absolute atomic E-state index is 0.156. The van der Waals surface area contributed by atoms with Crippen LogP contribution in [0.15, 0.2) is 55.1 Å². The minimum atomic E-state index is -0.156. The van der Waals surface area contributed by atoms with Crippen LogP contribution in [0.5, 0.6) is 0 Å². The van der Waals surface area contributed by atoms with E-state index in [1.807, 2.05) is 43.6 Å². The second-order valence-corrected chi connectivity index (χ2v) is 5.03. The molecule has 23 heavy (non-hydrogen) atoms. The average Bonchev–Trinajstić information content (AvgIpc) is 3.01. The van der Waals surface area contributed by atoms with E-state index in [0.717, 1.165) is 16.7 Å². The molecule has 116 valence electrons. The van der Waals surface area contributed by atoms with Crippen molar-refractivity contribution in [2.75, 3.05) is 5.43 Å². The van der Waals surface area contributed by atoms with Crippen LogP contribution in [0.25, 0.3) is 11.1 Å². The third-order valence-corrected chi connectivity index (χ3v) is 3.21. The molecule has 2 aromatic heterocycles. The second kappa shape index (κ2) is 6.69. The Morgan fingerprint density at radius 2 is 1.83 bits per heavy atom. The molecule has 1 amide bonds. The lowest BCUT2D eigenvalue weighted by atomic mass is 10.1. The third-order valence-electron chi connectivity index (χ3n) is 3.21. The Hall–Kier alpha value is -3.22. The van der Waals surface area contributed by atoms with Crippen LogP contribution < -0.4 is 10.9 Å². The maximum absolute atomic E-state index is 11.8. The van der Waals surface area contributed by atoms with Crippen LogP contribution in [0, 0.1) is 0 Å². The summed E-state index contributed by atoms with van der Waals surface area (Å²) in [4.78, 5) is 20.2. The first kappa shape index (κ1) is 14.7. The molecule has 2 N–H and O–H groups in total. The van der Waals surface area contributed by atoms with E-state index in [-0.39, 0.29) is 5.91 Å². The minimum Gasteiger partial charge on any atom is -0.275 e. The number of benzene rings is 1. The zero-order valence-corrected chi connectivity index (χ0v) is 12.6. The number of hydrogen-bond acceptors (Lipinski definition) is 5. The summed E-state index contributed by atoms with van der Waals surface area (Å²) in [6, 6.07) is 9.52. The Morgan fingerprint density at radius 1 is 1.09 bits per heavy atom. The Labute approximate surface area is 133 Å². The van der Waals surface area contributed by atoms with Crippen LogP contribution in [0.3, 0.4) is 0 Å². The molecule has 0 atom stereocenters. The Kier molecular flexibility index (Phi) is 4.28. The molecule has 2 heterocycles. The molecule has 0 radical (unpaired) electrons. The van der Waals surface area contributed by atoms with Gasteiger partial charge >= 0.3 is 0 Å². The van der Waals surface area contributed by atoms with Gasteiger partial charge in [0.25, 0.3) is 0 Å². The molecule has 7 nitrogen and oxygen atoms in total. The summed E-state index contributed by atoms with van der Waals surface area (Å²) in [5.74, 6) is 0.176. The molecule has 0 saturated heterocycles. The van der Waals surface area contributed by atoms with Crippen LogP contribution >= 0.6 is 0 Å². The monoisotopic (exact) mass is 308 g/mol. The highest BCUT2D eigenvalue weighted by Gasteiger charge is 2.05. The van der Waals surface area contributed by atoms with Crippen molar-refractivity contribution in [3.05, 3.63) is 60.7 Å². The van der Waals surface area contributed by atoms with Gasteiger partial charge in [0.05, 0.1) is 12.6 Å². The fraction of sp³-hybridized carbons (Fsp3) is 0.125. The maximum Gasteiger partial charge on any atom is 0.242 e. The van der Waals surface area contributed by atoms with E-state index >= 15 is 0 Å². The summed E-state index contributed by atoms with van der Waals surface area (Å²) < 4.78 is 1.71. The largest absolute Gasteiger partial charge is 0.275 e. The SMILES string of the molecule is Cn1cc(-c2cnc(NNC(=O)Cc3ccccc3)nc2)cn1. The van der Waals surface area contributed by atoms with Crippen LogP contribution in [0.1, 0.15) is 5.56 Å². The first-order valence-electron chi connectivity index (χ1n) is 7.10. The normalized spacial score (nSPS) is 10.3. The van der Waals surface area contributed by atoms with Gasteiger partial charge in [0, 0.05) is 36.8 Å². The summed E-state index contributed by atoms with van der Waals surface area (Å²) in [7, 11) is 1.85. The molecule has 3 rings (SSSR count). The molecular formula is C16H16N6O. The van der Waals surface area contributed by atoms with E-state index in [4.69, 9.17) is 0 Å². The van der Waals surface area contributed by atoms with Crippen LogP contribution in [0.2, 0.25) is 0 Å². The highest BCUT2D eigenvalue weighted by Crippen LogP contribution is 2.16. The van der Waals surface area contributed by atoms with Crippen molar-refractivity contribution >= 4 is 11.9 Å². The Bertz CT molecular complexity index is 782. The molecule has 0 fully saturated rings. The molecule has 0 spiro atoms. The van der Waals surface area contributed by atoms with Gasteiger partial charge in [-0.15, -0.1) is 0 Å². The predicted molar refractivity (Wildman–Crippen MR) is 86.1 cm³/mol. The van der Waals surface area contributed by atoms with Crippen molar-refractivity contribution in [1.82, 2.24) is 25.2 Å². The van der Waals surface area contributed by atoms with E-state index in [0.29, 0.717) is 12.4 Å². The average molecular weight is 308 g/mol. The van der Waals surface area contributed by atoms with Crippen molar-refractivity contribution in [2.45, 2.75) is 6.42 Å². The number of anilines is 1. The zero-order valence-electron chi connectivity index (χ0n) is 12.6. The molecule has 0 aliphatic heterocycles. The lowest BCUT2D eigenvalue weighted by Crippen LogP contribution is -2.31. The van der Waals surface area contributed by atoms with Gasteiger partial charge in [0.15, 0.2) is 0 Å². The molecule has 1 aromatic carbocycles. The van der Waals surface area contributed by atoms with Gasteiger partial charge in [-0.1, -0.05) is 30.3 Å². The number of aromatic nitrogens is 4. The van der Waals surface area contributed by atoms with Crippen molar-refractivity contribution < 1.29 is 4.79 Å². The van der Waals surface area contributed by atoms with Crippen LogP contribution in [0.4, 0.5) is 5.95 Å². The van der Waals surface area contributed by atoms with Gasteiger partial charge in [-0.3, -0.25) is 20.3 Å². The van der Waals surface area contributed by atoms with Crippen molar-refractivity contribution in [2.24, 2.45) is 7.05 Å². The molecule has 0 saturated carbocycles. The van der Waals surface area contributed by atoms with Gasteiger partial charge in [0.2, 0.25) is 11.9 Å². The summed E-state index contributed by atoms with van der Waals surface area (Å²) in [6.07, 6.45) is 7.27. The van der Waals surface area contributed by atoms with E-state index < -0.39 is 0 Å². The molecule has 0 bridgehead atoms. The highest BCUT2D eigenvalue weighted by atomic mass is 16.2. The van der Waals surface area contributed by atoms with E-state index in [1.54, 1.807) is 23.3 Å². The molecule has 7 heteroatoms. The lowest BCUT2D eigenvalue weighted by Gasteiger charge is -2.07. The molecular weight excluding hydrogens is 292 g/mol. The van der Waals surface area contributed by atoms with E-state index in [9.17, 15) is 4.79 Å². The van der Waals surface area contributed by atoms with Gasteiger partial charge < -0.3 is 0 Å². The van der Waals surface area contributed by atoms with Crippen molar-refractivity contribution in [3.8, 4) is 11.1 Å². The number of rotatable bonds is 5. The van der Waals surface area contributed by atoms with Gasteiger partial charge in [-0.05, 0) is 5.56 Å². The number of carbonyl (C=O) groups excluding carboxylic acids is 1. The zero-order chi connectivity index (χ0) is 16.1. The highest BCUT2D eigenvalue weighted by molar-refractivity contribution is 5.79. The Balaban J connectivity index is 1.55. The third kappa shape index (κ3) is 3.91. The van der Waals surface area contributed by atoms with E-state index in [2.05, 4.69) is 25.9 Å². The molecule has 0 unspecified atom stereocenters. The number of nitrogens with one attached hydrogen (secondary N) is 2. The summed E-state index contributed by atoms with van der Waals surface area (Å²) >= 11 is 0. The summed E-state index contributed by atoms with van der Waals surface area (Å²) in [6.45, 7) is 0. The van der Waals surface area contributed by atoms with Gasteiger partial charge in [0.1, 0.15) is 0 Å². The second-order valence-electron chi connectivity index (χ2n) is 5.03. The number of hydrogen-bond donors (Lipinski definition) is 2. The summed E-state index contributed by atoms with van der Waals surface area (Å²) in [5.41, 5.74) is 8.03. The smallest absolute Gasteiger partial charge is 0.242 e. The fourth-order valence-corrected chi connectivity index (χ4v) is 2.06. The number of amides is 1. The Morgan fingerprint density at radius 3 is 2.48 bits per heavy atom. The number of nitrogens with zero attached hydrogens (tertiary/aromatic N) is 4.